The highest BCUT2D eigenvalue weighted by molar-refractivity contribution is 6.00. The molecule has 0 saturated carbocycles. The fourth-order valence-corrected chi connectivity index (χ4v) is 4.15. The molecule has 0 spiro atoms. The molecule has 1 aromatic heterocycles. The van der Waals surface area contributed by atoms with Gasteiger partial charge in [-0.1, -0.05) is 45.7 Å². The van der Waals surface area contributed by atoms with Crippen molar-refractivity contribution in [2.75, 3.05) is 11.9 Å². The topological polar surface area (TPSA) is 69.0 Å². The van der Waals surface area contributed by atoms with Crippen LogP contribution >= 0.6 is 0 Å². The summed E-state index contributed by atoms with van der Waals surface area (Å²) in [5, 5.41) is 7.73. The maximum atomic E-state index is 13.0. The molecule has 0 fully saturated rings. The Morgan fingerprint density at radius 1 is 1.21 bits per heavy atom. The number of carbonyl (C=O) groups is 1. The Morgan fingerprint density at radius 3 is 2.75 bits per heavy atom. The lowest BCUT2D eigenvalue weighted by Crippen LogP contribution is -2.36. The van der Waals surface area contributed by atoms with E-state index in [0.717, 1.165) is 42.0 Å². The zero-order valence-corrected chi connectivity index (χ0v) is 16.9. The highest BCUT2D eigenvalue weighted by atomic mass is 16.5. The standard InChI is InChI=1S/C22H28N4O2/c1-4-5-6-11-28-16-9-7-15(8-10-16)20-19-17(12-22(2,3)13-18(19)27)25-21-23-14-24-26(20)21/h7-10,14,20H,4-6,11-13H2,1-3H3,(H,23,24,25). The molecular formula is C22H28N4O2. The quantitative estimate of drug-likeness (QED) is 0.747. The van der Waals surface area contributed by atoms with Gasteiger partial charge in [0.1, 0.15) is 18.1 Å². The average Bonchev–Trinajstić information content (AvgIpc) is 3.11. The van der Waals surface area contributed by atoms with Crippen molar-refractivity contribution in [1.82, 2.24) is 14.8 Å². The van der Waals surface area contributed by atoms with Crippen molar-refractivity contribution < 1.29 is 9.53 Å². The van der Waals surface area contributed by atoms with Gasteiger partial charge in [-0.2, -0.15) is 10.1 Å². The van der Waals surface area contributed by atoms with Gasteiger partial charge in [0.2, 0.25) is 5.95 Å². The average molecular weight is 380 g/mol. The van der Waals surface area contributed by atoms with Crippen LogP contribution in [0.15, 0.2) is 41.9 Å². The number of ketones is 1. The smallest absolute Gasteiger partial charge is 0.226 e. The summed E-state index contributed by atoms with van der Waals surface area (Å²) >= 11 is 0. The largest absolute Gasteiger partial charge is 0.494 e. The van der Waals surface area contributed by atoms with Crippen LogP contribution in [-0.4, -0.2) is 27.2 Å². The Hall–Kier alpha value is -2.63. The normalized spacial score (nSPS) is 20.4. The molecule has 0 radical (unpaired) electrons. The Kier molecular flexibility index (Phi) is 4.96. The van der Waals surface area contributed by atoms with E-state index in [1.165, 1.54) is 19.2 Å². The Labute approximate surface area is 166 Å². The number of anilines is 1. The monoisotopic (exact) mass is 380 g/mol. The summed E-state index contributed by atoms with van der Waals surface area (Å²) in [6.45, 7) is 7.18. The second-order valence-corrected chi connectivity index (χ2v) is 8.51. The molecule has 6 nitrogen and oxygen atoms in total. The number of aromatic nitrogens is 3. The first-order valence-corrected chi connectivity index (χ1v) is 10.1. The zero-order valence-electron chi connectivity index (χ0n) is 16.9. The van der Waals surface area contributed by atoms with Crippen molar-refractivity contribution in [3.63, 3.8) is 0 Å². The molecule has 1 unspecified atom stereocenters. The molecule has 1 N–H and O–H groups in total. The minimum Gasteiger partial charge on any atom is -0.494 e. The molecular weight excluding hydrogens is 352 g/mol. The number of allylic oxidation sites excluding steroid dienone is 2. The first kappa shape index (κ1) is 18.7. The van der Waals surface area contributed by atoms with Crippen LogP contribution in [0.2, 0.25) is 0 Å². The maximum Gasteiger partial charge on any atom is 0.226 e. The minimum atomic E-state index is -0.244. The Balaban J connectivity index is 1.64. The summed E-state index contributed by atoms with van der Waals surface area (Å²) in [4.78, 5) is 17.4. The van der Waals surface area contributed by atoms with Crippen LogP contribution < -0.4 is 10.1 Å². The molecule has 1 atom stereocenters. The SMILES string of the molecule is CCCCCOc1ccc(C2C3=C(CC(C)(C)CC3=O)Nc3ncnn32)cc1. The van der Waals surface area contributed by atoms with Crippen LogP contribution in [0, 0.1) is 5.41 Å². The van der Waals surface area contributed by atoms with Gasteiger partial charge in [0, 0.05) is 17.7 Å². The number of carbonyl (C=O) groups excluding carboxylic acids is 1. The van der Waals surface area contributed by atoms with Gasteiger partial charge in [-0.15, -0.1) is 0 Å². The second-order valence-electron chi connectivity index (χ2n) is 8.51. The third kappa shape index (κ3) is 3.55. The van der Waals surface area contributed by atoms with Gasteiger partial charge in [-0.25, -0.2) is 4.68 Å². The molecule has 1 aliphatic heterocycles. The van der Waals surface area contributed by atoms with Crippen molar-refractivity contribution >= 4 is 11.7 Å². The molecule has 4 rings (SSSR count). The van der Waals surface area contributed by atoms with Gasteiger partial charge >= 0.3 is 0 Å². The van der Waals surface area contributed by atoms with E-state index in [0.29, 0.717) is 12.4 Å². The first-order chi connectivity index (χ1) is 13.5. The van der Waals surface area contributed by atoms with Crippen LogP contribution in [0.3, 0.4) is 0 Å². The van der Waals surface area contributed by atoms with E-state index in [9.17, 15) is 4.79 Å². The van der Waals surface area contributed by atoms with Crippen molar-refractivity contribution in [3.8, 4) is 5.75 Å². The zero-order chi connectivity index (χ0) is 19.7. The molecule has 28 heavy (non-hydrogen) atoms. The molecule has 2 aromatic rings. The number of rotatable bonds is 6. The number of nitrogens with zero attached hydrogens (tertiary/aromatic N) is 3. The molecule has 1 aliphatic carbocycles. The van der Waals surface area contributed by atoms with Crippen molar-refractivity contribution in [2.45, 2.75) is 58.9 Å². The van der Waals surface area contributed by atoms with Crippen molar-refractivity contribution in [1.29, 1.82) is 0 Å². The molecule has 148 valence electrons. The molecule has 0 saturated heterocycles. The summed E-state index contributed by atoms with van der Waals surface area (Å²) in [5.74, 6) is 1.73. The molecule has 0 amide bonds. The van der Waals surface area contributed by atoms with Crippen molar-refractivity contribution in [3.05, 3.63) is 47.4 Å². The fraction of sp³-hybridized carbons (Fsp3) is 0.500. The number of unbranched alkanes of at least 4 members (excludes halogenated alkanes) is 2. The van der Waals surface area contributed by atoms with E-state index >= 15 is 0 Å². The number of benzene rings is 1. The predicted molar refractivity (Wildman–Crippen MR) is 108 cm³/mol. The van der Waals surface area contributed by atoms with Crippen LogP contribution in [-0.2, 0) is 4.79 Å². The van der Waals surface area contributed by atoms with Crippen LogP contribution in [0.4, 0.5) is 5.95 Å². The van der Waals surface area contributed by atoms with E-state index in [4.69, 9.17) is 4.74 Å². The molecule has 2 heterocycles. The molecule has 0 bridgehead atoms. The fourth-order valence-electron chi connectivity index (χ4n) is 4.15. The second kappa shape index (κ2) is 7.41. The van der Waals surface area contributed by atoms with E-state index in [2.05, 4.69) is 36.2 Å². The first-order valence-electron chi connectivity index (χ1n) is 10.1. The predicted octanol–water partition coefficient (Wildman–Crippen LogP) is 4.51. The highest BCUT2D eigenvalue weighted by Crippen LogP contribution is 2.45. The van der Waals surface area contributed by atoms with E-state index in [1.807, 2.05) is 28.9 Å². The summed E-state index contributed by atoms with van der Waals surface area (Å²) in [6, 6.07) is 7.79. The Bertz CT molecular complexity index is 896. The number of hydrogen-bond donors (Lipinski definition) is 1. The summed E-state index contributed by atoms with van der Waals surface area (Å²) in [5.41, 5.74) is 2.77. The number of ether oxygens (including phenoxy) is 1. The summed E-state index contributed by atoms with van der Waals surface area (Å²) < 4.78 is 7.65. The van der Waals surface area contributed by atoms with Gasteiger partial charge in [0.25, 0.3) is 0 Å². The summed E-state index contributed by atoms with van der Waals surface area (Å²) in [7, 11) is 0. The third-order valence-electron chi connectivity index (χ3n) is 5.49. The van der Waals surface area contributed by atoms with E-state index in [-0.39, 0.29) is 17.2 Å². The lowest BCUT2D eigenvalue weighted by Gasteiger charge is -2.38. The molecule has 6 heteroatoms. The maximum absolute atomic E-state index is 13.0. The van der Waals surface area contributed by atoms with Gasteiger partial charge in [-0.3, -0.25) is 4.79 Å². The van der Waals surface area contributed by atoms with Gasteiger partial charge < -0.3 is 10.1 Å². The molecule has 2 aliphatic rings. The third-order valence-corrected chi connectivity index (χ3v) is 5.49. The van der Waals surface area contributed by atoms with Gasteiger partial charge in [0.15, 0.2) is 5.78 Å². The Morgan fingerprint density at radius 2 is 2.00 bits per heavy atom. The number of hydrogen-bond acceptors (Lipinski definition) is 5. The lowest BCUT2D eigenvalue weighted by molar-refractivity contribution is -0.118. The van der Waals surface area contributed by atoms with Crippen molar-refractivity contribution in [2.24, 2.45) is 5.41 Å². The minimum absolute atomic E-state index is 0.0498. The van der Waals surface area contributed by atoms with Gasteiger partial charge in [-0.05, 0) is 36.0 Å². The van der Waals surface area contributed by atoms with E-state index < -0.39 is 0 Å². The number of fused-ring (bicyclic) bond motifs is 1. The van der Waals surface area contributed by atoms with E-state index in [1.54, 1.807) is 0 Å². The number of Topliss-reactive ketones (excluding diaryl/α,β-unsaturated/α-hetero) is 1. The van der Waals surface area contributed by atoms with Crippen LogP contribution in [0.1, 0.15) is 64.5 Å². The number of nitrogens with one attached hydrogen (secondary N) is 1. The van der Waals surface area contributed by atoms with Crippen LogP contribution in [0.25, 0.3) is 0 Å². The molecule has 1 aromatic carbocycles. The highest BCUT2D eigenvalue weighted by Gasteiger charge is 2.41. The van der Waals surface area contributed by atoms with Gasteiger partial charge in [0.05, 0.1) is 6.61 Å². The van der Waals surface area contributed by atoms with Crippen LogP contribution in [0.5, 0.6) is 5.75 Å². The lowest BCUT2D eigenvalue weighted by atomic mass is 9.73. The summed E-state index contributed by atoms with van der Waals surface area (Å²) in [6.07, 6.45) is 6.34.